The molecular formula is C22H33N5O8. The molecule has 4 unspecified atom stereocenters. The molecule has 4 atom stereocenters. The van der Waals surface area contributed by atoms with Crippen LogP contribution in [0.4, 0.5) is 0 Å². The van der Waals surface area contributed by atoms with E-state index in [2.05, 4.69) is 16.0 Å². The largest absolute Gasteiger partial charge is 0.508 e. The van der Waals surface area contributed by atoms with Gasteiger partial charge in [0.25, 0.3) is 0 Å². The molecule has 0 aliphatic carbocycles. The predicted molar refractivity (Wildman–Crippen MR) is 124 cm³/mol. The number of rotatable bonds is 15. The molecule has 1 aromatic rings. The second kappa shape index (κ2) is 14.5. The lowest BCUT2D eigenvalue weighted by Crippen LogP contribution is -2.57. The van der Waals surface area contributed by atoms with Crippen molar-refractivity contribution in [3.05, 3.63) is 29.8 Å². The van der Waals surface area contributed by atoms with Crippen LogP contribution in [0.25, 0.3) is 0 Å². The summed E-state index contributed by atoms with van der Waals surface area (Å²) in [6.07, 6.45) is 0.530. The van der Waals surface area contributed by atoms with Gasteiger partial charge in [0, 0.05) is 6.42 Å². The standard InChI is InChI=1S/C22H33N5O8/c1-12(25-20(32)15(24)11-18(29)30)19(31)27-17(10-13-5-7-14(28)8-6-13)21(33)26-16(22(34)35)4-2-3-9-23/h5-8,12,15-17,28H,2-4,9-11,23-24H2,1H3,(H,25,32)(H,26,33)(H,27,31)(H,29,30)(H,34,35). The van der Waals surface area contributed by atoms with Crippen LogP contribution in [0.3, 0.4) is 0 Å². The third-order valence-corrected chi connectivity index (χ3v) is 5.05. The Balaban J connectivity index is 2.96. The molecule has 0 aliphatic rings. The number of nitrogens with one attached hydrogen (secondary N) is 3. The minimum Gasteiger partial charge on any atom is -0.508 e. The summed E-state index contributed by atoms with van der Waals surface area (Å²) in [7, 11) is 0. The number of benzene rings is 1. The quantitative estimate of drug-likeness (QED) is 0.130. The minimum absolute atomic E-state index is 0.00123. The maximum Gasteiger partial charge on any atom is 0.326 e. The number of carboxylic acids is 2. The van der Waals surface area contributed by atoms with Crippen molar-refractivity contribution in [3.63, 3.8) is 0 Å². The highest BCUT2D eigenvalue weighted by molar-refractivity contribution is 5.94. The molecule has 0 fully saturated rings. The molecule has 13 heteroatoms. The Morgan fingerprint density at radius 1 is 0.886 bits per heavy atom. The smallest absolute Gasteiger partial charge is 0.326 e. The highest BCUT2D eigenvalue weighted by Gasteiger charge is 2.29. The van der Waals surface area contributed by atoms with Gasteiger partial charge in [0.15, 0.2) is 0 Å². The van der Waals surface area contributed by atoms with Crippen molar-refractivity contribution in [2.75, 3.05) is 6.54 Å². The number of nitrogens with two attached hydrogens (primary N) is 2. The summed E-state index contributed by atoms with van der Waals surface area (Å²) in [4.78, 5) is 59.9. The van der Waals surface area contributed by atoms with E-state index < -0.39 is 60.2 Å². The minimum atomic E-state index is -1.37. The molecule has 1 rings (SSSR count). The number of hydrogen-bond donors (Lipinski definition) is 8. The number of aromatic hydroxyl groups is 1. The Bertz CT molecular complexity index is 892. The van der Waals surface area contributed by atoms with Gasteiger partial charge in [-0.05, 0) is 50.4 Å². The lowest BCUT2D eigenvalue weighted by molar-refractivity contribution is -0.142. The molecule has 35 heavy (non-hydrogen) atoms. The van der Waals surface area contributed by atoms with E-state index in [1.54, 1.807) is 0 Å². The molecule has 0 saturated carbocycles. The van der Waals surface area contributed by atoms with Crippen molar-refractivity contribution in [1.82, 2.24) is 16.0 Å². The van der Waals surface area contributed by atoms with Crippen molar-refractivity contribution in [2.45, 2.75) is 63.2 Å². The third kappa shape index (κ3) is 10.8. The lowest BCUT2D eigenvalue weighted by atomic mass is 10.0. The van der Waals surface area contributed by atoms with Crippen LogP contribution < -0.4 is 27.4 Å². The fourth-order valence-corrected chi connectivity index (χ4v) is 3.06. The molecule has 194 valence electrons. The number of amides is 3. The van der Waals surface area contributed by atoms with Crippen LogP contribution in [0.1, 0.15) is 38.2 Å². The summed E-state index contributed by atoms with van der Waals surface area (Å²) in [5.74, 6) is -4.91. The molecule has 0 radical (unpaired) electrons. The maximum absolute atomic E-state index is 12.9. The van der Waals surface area contributed by atoms with Crippen molar-refractivity contribution in [3.8, 4) is 5.75 Å². The monoisotopic (exact) mass is 495 g/mol. The first-order chi connectivity index (χ1) is 16.4. The molecule has 0 saturated heterocycles. The van der Waals surface area contributed by atoms with Crippen LogP contribution in [0.15, 0.2) is 24.3 Å². The highest BCUT2D eigenvalue weighted by Crippen LogP contribution is 2.12. The van der Waals surface area contributed by atoms with Gasteiger partial charge in [-0.2, -0.15) is 0 Å². The average molecular weight is 496 g/mol. The van der Waals surface area contributed by atoms with Crippen molar-refractivity contribution in [2.24, 2.45) is 11.5 Å². The number of phenolic OH excluding ortho intramolecular Hbond substituents is 1. The number of carboxylic acid groups (broad SMARTS) is 2. The second-order valence-electron chi connectivity index (χ2n) is 8.05. The number of carbonyl (C=O) groups is 5. The molecule has 3 amide bonds. The molecule has 13 nitrogen and oxygen atoms in total. The van der Waals surface area contributed by atoms with E-state index in [4.69, 9.17) is 16.6 Å². The number of aliphatic carboxylic acids is 2. The summed E-state index contributed by atoms with van der Waals surface area (Å²) in [6, 6.07) is 0.912. The van der Waals surface area contributed by atoms with Gasteiger partial charge in [-0.3, -0.25) is 19.2 Å². The summed E-state index contributed by atoms with van der Waals surface area (Å²) >= 11 is 0. The SMILES string of the molecule is CC(NC(=O)C(N)CC(=O)O)C(=O)NC(Cc1ccc(O)cc1)C(=O)NC(CCCCN)C(=O)O. The van der Waals surface area contributed by atoms with E-state index in [0.717, 1.165) is 0 Å². The van der Waals surface area contributed by atoms with Crippen LogP contribution in [0.2, 0.25) is 0 Å². The summed E-state index contributed by atoms with van der Waals surface area (Å²) in [5, 5.41) is 34.8. The number of hydrogen-bond acceptors (Lipinski definition) is 8. The van der Waals surface area contributed by atoms with Crippen molar-refractivity contribution < 1.29 is 39.3 Å². The van der Waals surface area contributed by atoms with Gasteiger partial charge in [0.2, 0.25) is 17.7 Å². The Kier molecular flexibility index (Phi) is 12.2. The first kappa shape index (κ1) is 29.3. The van der Waals surface area contributed by atoms with Gasteiger partial charge in [0.1, 0.15) is 23.9 Å². The lowest BCUT2D eigenvalue weighted by Gasteiger charge is -2.24. The van der Waals surface area contributed by atoms with E-state index in [0.29, 0.717) is 24.9 Å². The van der Waals surface area contributed by atoms with Crippen LogP contribution in [0, 0.1) is 0 Å². The fourth-order valence-electron chi connectivity index (χ4n) is 3.06. The Morgan fingerprint density at radius 3 is 2.03 bits per heavy atom. The van der Waals surface area contributed by atoms with E-state index in [9.17, 15) is 34.2 Å². The zero-order valence-corrected chi connectivity index (χ0v) is 19.4. The van der Waals surface area contributed by atoms with E-state index in [-0.39, 0.29) is 18.6 Å². The van der Waals surface area contributed by atoms with Gasteiger partial charge in [-0.1, -0.05) is 12.1 Å². The van der Waals surface area contributed by atoms with Gasteiger partial charge >= 0.3 is 11.9 Å². The number of unbranched alkanes of at least 4 members (excludes halogenated alkanes) is 1. The zero-order valence-electron chi connectivity index (χ0n) is 19.4. The van der Waals surface area contributed by atoms with Crippen LogP contribution in [-0.2, 0) is 30.4 Å². The molecular weight excluding hydrogens is 462 g/mol. The highest BCUT2D eigenvalue weighted by atomic mass is 16.4. The number of carbonyl (C=O) groups excluding carboxylic acids is 3. The summed E-state index contributed by atoms with van der Waals surface area (Å²) < 4.78 is 0. The van der Waals surface area contributed by atoms with Crippen LogP contribution in [0.5, 0.6) is 5.75 Å². The van der Waals surface area contributed by atoms with Crippen molar-refractivity contribution in [1.29, 1.82) is 0 Å². The first-order valence-corrected chi connectivity index (χ1v) is 11.0. The molecule has 0 aromatic heterocycles. The molecule has 0 bridgehead atoms. The predicted octanol–water partition coefficient (Wildman–Crippen LogP) is -1.58. The molecule has 0 spiro atoms. The van der Waals surface area contributed by atoms with E-state index in [1.807, 2.05) is 0 Å². The topological polar surface area (TPSA) is 234 Å². The summed E-state index contributed by atoms with van der Waals surface area (Å²) in [6.45, 7) is 1.70. The first-order valence-electron chi connectivity index (χ1n) is 11.0. The van der Waals surface area contributed by atoms with E-state index >= 15 is 0 Å². The molecule has 0 aliphatic heterocycles. The van der Waals surface area contributed by atoms with E-state index in [1.165, 1.54) is 31.2 Å². The summed E-state index contributed by atoms with van der Waals surface area (Å²) in [5.41, 5.74) is 11.5. The normalized spacial score (nSPS) is 14.1. The Hall–Kier alpha value is -3.71. The third-order valence-electron chi connectivity index (χ3n) is 5.05. The van der Waals surface area contributed by atoms with Gasteiger partial charge in [-0.15, -0.1) is 0 Å². The van der Waals surface area contributed by atoms with Gasteiger partial charge in [0.05, 0.1) is 12.5 Å². The second-order valence-corrected chi connectivity index (χ2v) is 8.05. The Morgan fingerprint density at radius 2 is 1.49 bits per heavy atom. The van der Waals surface area contributed by atoms with Gasteiger partial charge in [-0.25, -0.2) is 4.79 Å². The van der Waals surface area contributed by atoms with Crippen molar-refractivity contribution >= 4 is 29.7 Å². The van der Waals surface area contributed by atoms with Gasteiger partial charge < -0.3 is 42.7 Å². The average Bonchev–Trinajstić information content (AvgIpc) is 2.78. The number of phenols is 1. The molecule has 1 aromatic carbocycles. The maximum atomic E-state index is 12.9. The van der Waals surface area contributed by atoms with Crippen LogP contribution >= 0.6 is 0 Å². The Labute approximate surface area is 202 Å². The van der Waals surface area contributed by atoms with Crippen LogP contribution in [-0.4, -0.2) is 75.7 Å². The fraction of sp³-hybridized carbons (Fsp3) is 0.500. The molecule has 0 heterocycles. The molecule has 10 N–H and O–H groups in total. The zero-order chi connectivity index (χ0) is 26.5.